The van der Waals surface area contributed by atoms with Gasteiger partial charge in [-0.1, -0.05) is 18.2 Å². The van der Waals surface area contributed by atoms with E-state index >= 15 is 0 Å². The predicted molar refractivity (Wildman–Crippen MR) is 124 cm³/mol. The van der Waals surface area contributed by atoms with Gasteiger partial charge in [0.2, 0.25) is 0 Å². The Morgan fingerprint density at radius 1 is 1.15 bits per heavy atom. The van der Waals surface area contributed by atoms with E-state index in [1.165, 1.54) is 0 Å². The summed E-state index contributed by atoms with van der Waals surface area (Å²) < 4.78 is 5.37. The van der Waals surface area contributed by atoms with Gasteiger partial charge in [0.25, 0.3) is 5.91 Å². The first-order valence-corrected chi connectivity index (χ1v) is 11.4. The molecule has 2 aromatic rings. The lowest BCUT2D eigenvalue weighted by Crippen LogP contribution is -2.70. The van der Waals surface area contributed by atoms with Gasteiger partial charge in [0.1, 0.15) is 6.61 Å². The number of unbranched alkanes of at least 4 members (excludes halogenated alkanes) is 1. The molecule has 4 N–H and O–H groups in total. The topological polar surface area (TPSA) is 122 Å². The molecule has 2 aliphatic rings. The maximum absolute atomic E-state index is 12.5. The van der Waals surface area contributed by atoms with Crippen molar-refractivity contribution >= 4 is 29.1 Å². The lowest BCUT2D eigenvalue weighted by molar-refractivity contribution is -0.496. The van der Waals surface area contributed by atoms with Gasteiger partial charge < -0.3 is 30.7 Å². The summed E-state index contributed by atoms with van der Waals surface area (Å²) in [5.74, 6) is -0.233. The number of quaternary nitrogens is 1. The second-order valence-corrected chi connectivity index (χ2v) is 8.35. The summed E-state index contributed by atoms with van der Waals surface area (Å²) in [6.07, 6.45) is 2.51. The molecule has 33 heavy (non-hydrogen) atoms. The zero-order valence-electron chi connectivity index (χ0n) is 18.5. The van der Waals surface area contributed by atoms with Gasteiger partial charge in [0.15, 0.2) is 5.69 Å². The summed E-state index contributed by atoms with van der Waals surface area (Å²) in [4.78, 5) is 28.8. The molecule has 2 heterocycles. The number of aliphatic hydroxyl groups excluding tert-OH is 1. The lowest BCUT2D eigenvalue weighted by Gasteiger charge is -2.41. The SMILES string of the molecule is O=C(NCCCCO)c1ccc(N2CCC(N3C(=O)OCc4ccccc43)CC2)c([NH2+][O-])c1. The molecule has 0 atom stereocenters. The molecular formula is C24H30N4O5. The number of amides is 2. The Kier molecular flexibility index (Phi) is 7.43. The van der Waals surface area contributed by atoms with Crippen molar-refractivity contribution in [3.8, 4) is 0 Å². The number of hydrogen-bond donors (Lipinski definition) is 3. The van der Waals surface area contributed by atoms with Gasteiger partial charge >= 0.3 is 6.09 Å². The van der Waals surface area contributed by atoms with Crippen LogP contribution in [0.1, 0.15) is 41.6 Å². The first kappa shape index (κ1) is 23.0. The van der Waals surface area contributed by atoms with Crippen LogP contribution < -0.4 is 20.6 Å². The van der Waals surface area contributed by atoms with Gasteiger partial charge in [0.05, 0.1) is 11.4 Å². The summed E-state index contributed by atoms with van der Waals surface area (Å²) in [5, 5.41) is 23.4. The smallest absolute Gasteiger partial charge is 0.414 e. The van der Waals surface area contributed by atoms with E-state index in [2.05, 4.69) is 10.2 Å². The van der Waals surface area contributed by atoms with Crippen LogP contribution in [0.25, 0.3) is 0 Å². The standard InChI is InChI=1S/C24H30N4O5/c29-14-4-3-11-25-23(30)17-7-8-22(20(15-17)26-32)27-12-9-19(10-13-27)28-21-6-2-1-5-18(21)16-33-24(28)31/h1-2,5-8,15,19,29H,3-4,9-14,16,26H2,(H,25,30). The maximum Gasteiger partial charge on any atom is 0.414 e. The van der Waals surface area contributed by atoms with Crippen LogP contribution in [0.15, 0.2) is 42.5 Å². The average molecular weight is 455 g/mol. The third kappa shape index (κ3) is 5.11. The van der Waals surface area contributed by atoms with Gasteiger partial charge in [-0.15, -0.1) is 0 Å². The quantitative estimate of drug-likeness (QED) is 0.319. The number of nitrogens with two attached hydrogens (primary N) is 1. The van der Waals surface area contributed by atoms with E-state index in [4.69, 9.17) is 9.84 Å². The summed E-state index contributed by atoms with van der Waals surface area (Å²) >= 11 is 0. The van der Waals surface area contributed by atoms with Crippen LogP contribution in [0.4, 0.5) is 21.9 Å². The van der Waals surface area contributed by atoms with E-state index < -0.39 is 0 Å². The van der Waals surface area contributed by atoms with E-state index in [1.54, 1.807) is 17.0 Å². The number of carbonyl (C=O) groups excluding carboxylic acids is 2. The molecule has 0 saturated carbocycles. The molecule has 2 aromatic carbocycles. The summed E-state index contributed by atoms with van der Waals surface area (Å²) in [5.41, 5.74) is 4.40. The Morgan fingerprint density at radius 2 is 1.94 bits per heavy atom. The highest BCUT2D eigenvalue weighted by Crippen LogP contribution is 2.33. The van der Waals surface area contributed by atoms with Crippen molar-refractivity contribution in [3.63, 3.8) is 0 Å². The molecule has 1 fully saturated rings. The van der Waals surface area contributed by atoms with Crippen LogP contribution in [0.5, 0.6) is 0 Å². The molecule has 0 aliphatic carbocycles. The number of para-hydroxylation sites is 1. The van der Waals surface area contributed by atoms with Crippen LogP contribution in [-0.4, -0.2) is 49.4 Å². The minimum absolute atomic E-state index is 0.0267. The van der Waals surface area contributed by atoms with Crippen molar-refractivity contribution in [2.24, 2.45) is 0 Å². The van der Waals surface area contributed by atoms with Gasteiger partial charge in [-0.2, -0.15) is 0 Å². The highest BCUT2D eigenvalue weighted by molar-refractivity contribution is 5.95. The van der Waals surface area contributed by atoms with Crippen molar-refractivity contribution in [2.75, 3.05) is 36.0 Å². The van der Waals surface area contributed by atoms with E-state index in [1.807, 2.05) is 30.3 Å². The van der Waals surface area contributed by atoms with Gasteiger partial charge in [0, 0.05) is 49.5 Å². The van der Waals surface area contributed by atoms with Crippen molar-refractivity contribution < 1.29 is 24.9 Å². The summed E-state index contributed by atoms with van der Waals surface area (Å²) in [7, 11) is 0. The second kappa shape index (κ2) is 10.7. The zero-order valence-corrected chi connectivity index (χ0v) is 18.5. The number of nitrogens with one attached hydrogen (secondary N) is 1. The molecule has 176 valence electrons. The minimum Gasteiger partial charge on any atom is -0.630 e. The van der Waals surface area contributed by atoms with Crippen molar-refractivity contribution in [1.29, 1.82) is 0 Å². The number of ether oxygens (including phenoxy) is 1. The largest absolute Gasteiger partial charge is 0.630 e. The number of benzene rings is 2. The molecule has 0 aromatic heterocycles. The maximum atomic E-state index is 12.5. The number of rotatable bonds is 8. The number of cyclic esters (lactones) is 1. The minimum atomic E-state index is -0.310. The van der Waals surface area contributed by atoms with Crippen LogP contribution in [0, 0.1) is 5.21 Å². The lowest BCUT2D eigenvalue weighted by atomic mass is 9.99. The predicted octanol–water partition coefficient (Wildman–Crippen LogP) is 2.01. The Bertz CT molecular complexity index is 991. The highest BCUT2D eigenvalue weighted by atomic mass is 16.6. The molecule has 0 spiro atoms. The Hall–Kier alpha value is -3.14. The molecule has 2 amide bonds. The van der Waals surface area contributed by atoms with Crippen molar-refractivity contribution in [3.05, 3.63) is 58.8 Å². The van der Waals surface area contributed by atoms with Crippen molar-refractivity contribution in [2.45, 2.75) is 38.3 Å². The van der Waals surface area contributed by atoms with Crippen LogP contribution in [-0.2, 0) is 11.3 Å². The fourth-order valence-electron chi connectivity index (χ4n) is 4.50. The Balaban J connectivity index is 1.41. The molecule has 4 rings (SSSR count). The van der Waals surface area contributed by atoms with Gasteiger partial charge in [-0.25, -0.2) is 4.79 Å². The van der Waals surface area contributed by atoms with Crippen molar-refractivity contribution in [1.82, 2.24) is 5.32 Å². The molecular weight excluding hydrogens is 424 g/mol. The summed E-state index contributed by atoms with van der Waals surface area (Å²) in [6, 6.07) is 13.0. The third-order valence-corrected chi connectivity index (χ3v) is 6.26. The van der Waals surface area contributed by atoms with E-state index in [0.29, 0.717) is 50.3 Å². The Morgan fingerprint density at radius 3 is 2.70 bits per heavy atom. The Labute approximate surface area is 192 Å². The second-order valence-electron chi connectivity index (χ2n) is 8.35. The molecule has 0 unspecified atom stereocenters. The number of fused-ring (bicyclic) bond motifs is 1. The number of nitrogens with zero attached hydrogens (tertiary/aromatic N) is 2. The van der Waals surface area contributed by atoms with Crippen LogP contribution >= 0.6 is 0 Å². The number of anilines is 2. The third-order valence-electron chi connectivity index (χ3n) is 6.26. The first-order valence-electron chi connectivity index (χ1n) is 11.4. The molecule has 0 radical (unpaired) electrons. The molecule has 1 saturated heterocycles. The van der Waals surface area contributed by atoms with E-state index in [-0.39, 0.29) is 24.6 Å². The number of aliphatic hydroxyl groups is 1. The fraction of sp³-hybridized carbons (Fsp3) is 0.417. The monoisotopic (exact) mass is 454 g/mol. The normalized spacial score (nSPS) is 16.4. The number of piperidine rings is 1. The average Bonchev–Trinajstić information content (AvgIpc) is 2.86. The number of carbonyl (C=O) groups is 2. The highest BCUT2D eigenvalue weighted by Gasteiger charge is 2.34. The fourth-order valence-corrected chi connectivity index (χ4v) is 4.50. The molecule has 2 aliphatic heterocycles. The molecule has 0 bridgehead atoms. The van der Waals surface area contributed by atoms with Gasteiger partial charge in [-0.3, -0.25) is 9.69 Å². The molecule has 9 heteroatoms. The van der Waals surface area contributed by atoms with Crippen LogP contribution in [0.2, 0.25) is 0 Å². The van der Waals surface area contributed by atoms with Crippen LogP contribution in [0.3, 0.4) is 0 Å². The summed E-state index contributed by atoms with van der Waals surface area (Å²) in [6.45, 7) is 2.25. The molecule has 9 nitrogen and oxygen atoms in total. The zero-order chi connectivity index (χ0) is 23.2. The number of hydrogen-bond acceptors (Lipinski definition) is 6. The van der Waals surface area contributed by atoms with Gasteiger partial charge in [-0.05, 0) is 43.9 Å². The van der Waals surface area contributed by atoms with E-state index in [0.717, 1.165) is 35.3 Å². The van der Waals surface area contributed by atoms with E-state index in [9.17, 15) is 14.8 Å². The first-order chi connectivity index (χ1) is 16.1.